The van der Waals surface area contributed by atoms with E-state index in [9.17, 15) is 0 Å². The van der Waals surface area contributed by atoms with Crippen LogP contribution in [-0.2, 0) is 0 Å². The highest BCUT2D eigenvalue weighted by Crippen LogP contribution is 2.84. The number of hydrogen-bond donors (Lipinski definition) is 0. The van der Waals surface area contributed by atoms with Gasteiger partial charge in [-0.05, 0) is 121 Å². The first kappa shape index (κ1) is 10.6. The fourth-order valence-corrected chi connectivity index (χ4v) is 12.4. The summed E-state index contributed by atoms with van der Waals surface area (Å²) < 4.78 is 0. The molecule has 0 aromatic heterocycles. The molecule has 10 aliphatic rings. The SMILES string of the molecule is C1C[C@@H]2[C@@H]3[C@H]4[C@H]1[C@@H]1[C@H]2[C@H]2CC[C@@H]1C1=C2[C@@H]2C[C@H]3C3C2[C@@H]1C[C@H]34. The summed E-state index contributed by atoms with van der Waals surface area (Å²) in [6.45, 7) is 0. The van der Waals surface area contributed by atoms with Gasteiger partial charge in [0, 0.05) is 0 Å². The molecule has 0 amide bonds. The molecule has 0 heterocycles. The molecule has 14 atom stereocenters. The van der Waals surface area contributed by atoms with Crippen LogP contribution in [0.3, 0.4) is 0 Å². The molecule has 0 nitrogen and oxygen atoms in total. The van der Waals surface area contributed by atoms with E-state index in [1.807, 2.05) is 0 Å². The zero-order valence-corrected chi connectivity index (χ0v) is 13.3. The van der Waals surface area contributed by atoms with E-state index < -0.39 is 0 Å². The molecule has 0 N–H and O–H groups in total. The van der Waals surface area contributed by atoms with Crippen molar-refractivity contribution in [2.45, 2.75) is 38.5 Å². The van der Waals surface area contributed by atoms with Gasteiger partial charge in [0.1, 0.15) is 0 Å². The number of allylic oxidation sites excluding steroid dienone is 2. The van der Waals surface area contributed by atoms with Crippen molar-refractivity contribution in [2.75, 3.05) is 0 Å². The molecule has 0 aromatic carbocycles. The van der Waals surface area contributed by atoms with Gasteiger partial charge in [-0.1, -0.05) is 11.1 Å². The standard InChI is InChI=1S/C22H26/c1-2-8-16-10-4-3-9-15(16)7(1)17-11-5-13-19(9)20(10)14-6-12(18(8)17)21(11)22(13)14/h7-18,21-22H,1-6H2/t7-,8+,9+,10-,11+,12-,13-,14+,15+,16-,17-,18-,21?,22?/m0/s1. The second-order valence-corrected chi connectivity index (χ2v) is 11.1. The topological polar surface area (TPSA) is 0 Å². The van der Waals surface area contributed by atoms with Gasteiger partial charge in [0.2, 0.25) is 0 Å². The largest absolute Gasteiger partial charge is 0.0636 e. The lowest BCUT2D eigenvalue weighted by Crippen LogP contribution is -2.61. The summed E-state index contributed by atoms with van der Waals surface area (Å²) in [5.41, 5.74) is 4.37. The summed E-state index contributed by atoms with van der Waals surface area (Å²) in [6.07, 6.45) is 9.94. The van der Waals surface area contributed by atoms with E-state index in [1.165, 1.54) is 59.2 Å². The first-order chi connectivity index (χ1) is 10.9. The molecule has 0 aliphatic heterocycles. The summed E-state index contributed by atoms with van der Waals surface area (Å²) in [4.78, 5) is 0. The summed E-state index contributed by atoms with van der Waals surface area (Å²) in [7, 11) is 0. The van der Waals surface area contributed by atoms with Crippen molar-refractivity contribution in [1.82, 2.24) is 0 Å². The molecule has 0 saturated heterocycles. The van der Waals surface area contributed by atoms with Crippen LogP contribution < -0.4 is 0 Å². The van der Waals surface area contributed by atoms with Gasteiger partial charge in [-0.15, -0.1) is 0 Å². The van der Waals surface area contributed by atoms with E-state index in [4.69, 9.17) is 0 Å². The maximum absolute atomic E-state index is 2.18. The zero-order chi connectivity index (χ0) is 13.5. The maximum Gasteiger partial charge on any atom is -0.0158 e. The molecular formula is C22H26. The van der Waals surface area contributed by atoms with Crippen LogP contribution in [0.25, 0.3) is 0 Å². The molecule has 114 valence electrons. The molecule has 0 heteroatoms. The highest BCUT2D eigenvalue weighted by Gasteiger charge is 2.78. The number of rotatable bonds is 0. The molecular weight excluding hydrogens is 264 g/mol. The highest BCUT2D eigenvalue weighted by molar-refractivity contribution is 5.45. The molecule has 7 fully saturated rings. The van der Waals surface area contributed by atoms with E-state index >= 15 is 0 Å². The Morgan fingerprint density at radius 2 is 0.909 bits per heavy atom. The third-order valence-corrected chi connectivity index (χ3v) is 11.8. The van der Waals surface area contributed by atoms with Crippen LogP contribution >= 0.6 is 0 Å². The second-order valence-electron chi connectivity index (χ2n) is 11.1. The molecule has 10 aliphatic carbocycles. The molecule has 7 saturated carbocycles. The van der Waals surface area contributed by atoms with E-state index in [-0.39, 0.29) is 0 Å². The van der Waals surface area contributed by atoms with Crippen LogP contribution in [0.1, 0.15) is 38.5 Å². The molecule has 0 radical (unpaired) electrons. The highest BCUT2D eigenvalue weighted by atomic mass is 14.8. The molecule has 10 rings (SSSR count). The van der Waals surface area contributed by atoms with Crippen molar-refractivity contribution in [3.63, 3.8) is 0 Å². The van der Waals surface area contributed by atoms with E-state index in [0.29, 0.717) is 0 Å². The van der Waals surface area contributed by atoms with Crippen LogP contribution in [0.4, 0.5) is 0 Å². The monoisotopic (exact) mass is 290 g/mol. The number of hydrogen-bond acceptors (Lipinski definition) is 0. The third-order valence-electron chi connectivity index (χ3n) is 11.8. The van der Waals surface area contributed by atoms with Crippen LogP contribution in [0.5, 0.6) is 0 Å². The summed E-state index contributed by atoms with van der Waals surface area (Å²) in [6, 6.07) is 0. The predicted octanol–water partition coefficient (Wildman–Crippen LogP) is 4.37. The minimum absolute atomic E-state index is 1.12. The average molecular weight is 290 g/mol. The Balaban J connectivity index is 1.49. The van der Waals surface area contributed by atoms with E-state index in [2.05, 4.69) is 11.1 Å². The normalized spacial score (nSPS) is 78.5. The van der Waals surface area contributed by atoms with Crippen LogP contribution in [0.2, 0.25) is 0 Å². The summed E-state index contributed by atoms with van der Waals surface area (Å²) in [5.74, 6) is 16.7. The fourth-order valence-electron chi connectivity index (χ4n) is 12.4. The van der Waals surface area contributed by atoms with Crippen molar-refractivity contribution in [2.24, 2.45) is 82.9 Å². The van der Waals surface area contributed by atoms with Gasteiger partial charge in [0.25, 0.3) is 0 Å². The van der Waals surface area contributed by atoms with Crippen molar-refractivity contribution in [3.05, 3.63) is 11.1 Å². The maximum atomic E-state index is 2.18. The van der Waals surface area contributed by atoms with Crippen molar-refractivity contribution >= 4 is 0 Å². The summed E-state index contributed by atoms with van der Waals surface area (Å²) >= 11 is 0. The quantitative estimate of drug-likeness (QED) is 0.581. The Morgan fingerprint density at radius 1 is 0.409 bits per heavy atom. The van der Waals surface area contributed by atoms with Crippen LogP contribution in [-0.4, -0.2) is 0 Å². The van der Waals surface area contributed by atoms with Gasteiger partial charge in [-0.25, -0.2) is 0 Å². The first-order valence-corrected chi connectivity index (χ1v) is 10.7. The third kappa shape index (κ3) is 0.726. The van der Waals surface area contributed by atoms with Crippen LogP contribution in [0.15, 0.2) is 11.1 Å². The zero-order valence-electron chi connectivity index (χ0n) is 13.3. The van der Waals surface area contributed by atoms with Gasteiger partial charge < -0.3 is 0 Å². The number of fused-ring (bicyclic) bond motifs is 2. The van der Waals surface area contributed by atoms with Crippen LogP contribution in [0, 0.1) is 82.9 Å². The molecule has 0 spiro atoms. The van der Waals surface area contributed by atoms with Gasteiger partial charge in [0.05, 0.1) is 0 Å². The summed E-state index contributed by atoms with van der Waals surface area (Å²) in [5, 5.41) is 0. The van der Waals surface area contributed by atoms with Crippen molar-refractivity contribution in [3.8, 4) is 0 Å². The first-order valence-electron chi connectivity index (χ1n) is 10.7. The Hall–Kier alpha value is -0.260. The Bertz CT molecular complexity index is 630. The lowest BCUT2D eigenvalue weighted by molar-refractivity contribution is -0.152. The fraction of sp³-hybridized carbons (Fsp3) is 0.909. The van der Waals surface area contributed by atoms with Gasteiger partial charge in [-0.3, -0.25) is 0 Å². The van der Waals surface area contributed by atoms with E-state index in [0.717, 1.165) is 23.7 Å². The van der Waals surface area contributed by atoms with Crippen molar-refractivity contribution in [1.29, 1.82) is 0 Å². The predicted molar refractivity (Wildman–Crippen MR) is 83.6 cm³/mol. The second kappa shape index (κ2) is 2.80. The molecule has 0 aromatic rings. The van der Waals surface area contributed by atoms with Crippen molar-refractivity contribution < 1.29 is 0 Å². The van der Waals surface area contributed by atoms with Gasteiger partial charge in [-0.2, -0.15) is 0 Å². The van der Waals surface area contributed by atoms with E-state index in [1.54, 1.807) is 38.5 Å². The molecule has 2 unspecified atom stereocenters. The smallest absolute Gasteiger partial charge is 0.0158 e. The van der Waals surface area contributed by atoms with Gasteiger partial charge >= 0.3 is 0 Å². The minimum atomic E-state index is 1.12. The van der Waals surface area contributed by atoms with Gasteiger partial charge in [0.15, 0.2) is 0 Å². The molecule has 4 bridgehead atoms. The lowest BCUT2D eigenvalue weighted by Gasteiger charge is -2.67. The Labute approximate surface area is 133 Å². The molecule has 22 heavy (non-hydrogen) atoms. The lowest BCUT2D eigenvalue weighted by atomic mass is 9.37. The average Bonchev–Trinajstić information content (AvgIpc) is 3.26. The minimum Gasteiger partial charge on any atom is -0.0636 e. The Kier molecular flexibility index (Phi) is 1.34. The Morgan fingerprint density at radius 3 is 1.45 bits per heavy atom.